The lowest BCUT2D eigenvalue weighted by molar-refractivity contribution is 0.301. The maximum absolute atomic E-state index is 6.19. The fourth-order valence-electron chi connectivity index (χ4n) is 2.01. The van der Waals surface area contributed by atoms with E-state index in [1.807, 2.05) is 39.1 Å². The van der Waals surface area contributed by atoms with E-state index in [2.05, 4.69) is 5.10 Å². The maximum atomic E-state index is 6.19. The highest BCUT2D eigenvalue weighted by molar-refractivity contribution is 6.30. The molecule has 0 saturated heterocycles. The summed E-state index contributed by atoms with van der Waals surface area (Å²) in [4.78, 5) is 0. The molecule has 0 bridgehead atoms. The van der Waals surface area contributed by atoms with Gasteiger partial charge in [-0.05, 0) is 19.4 Å². The van der Waals surface area contributed by atoms with Crippen molar-refractivity contribution in [1.29, 1.82) is 0 Å². The van der Waals surface area contributed by atoms with Crippen LogP contribution in [0.5, 0.6) is 5.75 Å². The van der Waals surface area contributed by atoms with Crippen molar-refractivity contribution in [2.24, 2.45) is 7.05 Å². The Morgan fingerprint density at radius 2 is 2.05 bits per heavy atom. The molecular formula is C14H16Cl2N2O. The zero-order valence-electron chi connectivity index (χ0n) is 11.2. The summed E-state index contributed by atoms with van der Waals surface area (Å²) in [7, 11) is 1.82. The van der Waals surface area contributed by atoms with Crippen LogP contribution in [0.3, 0.4) is 0 Å². The number of nitrogens with zero attached hydrogens (tertiary/aromatic N) is 2. The van der Waals surface area contributed by atoms with Crippen molar-refractivity contribution in [3.05, 3.63) is 45.7 Å². The van der Waals surface area contributed by atoms with Crippen LogP contribution < -0.4 is 4.74 Å². The Morgan fingerprint density at radius 3 is 2.63 bits per heavy atom. The van der Waals surface area contributed by atoms with E-state index in [0.717, 1.165) is 28.1 Å². The van der Waals surface area contributed by atoms with Crippen LogP contribution in [0.25, 0.3) is 0 Å². The van der Waals surface area contributed by atoms with Gasteiger partial charge < -0.3 is 4.74 Å². The van der Waals surface area contributed by atoms with Crippen molar-refractivity contribution in [1.82, 2.24) is 9.78 Å². The van der Waals surface area contributed by atoms with E-state index in [1.165, 1.54) is 0 Å². The van der Waals surface area contributed by atoms with Gasteiger partial charge in [0, 0.05) is 18.2 Å². The van der Waals surface area contributed by atoms with Crippen LogP contribution in [0.4, 0.5) is 0 Å². The molecule has 0 saturated carbocycles. The first-order chi connectivity index (χ1) is 9.04. The van der Waals surface area contributed by atoms with Gasteiger partial charge in [-0.15, -0.1) is 11.6 Å². The Bertz CT molecular complexity index is 593. The number of halogens is 2. The number of alkyl halides is 1. The van der Waals surface area contributed by atoms with E-state index < -0.39 is 0 Å². The largest absolute Gasteiger partial charge is 0.488 e. The first kappa shape index (κ1) is 14.2. The van der Waals surface area contributed by atoms with Gasteiger partial charge in [0.2, 0.25) is 0 Å². The minimum Gasteiger partial charge on any atom is -0.488 e. The molecule has 0 aliphatic carbocycles. The summed E-state index contributed by atoms with van der Waals surface area (Å²) in [6.45, 7) is 4.32. The number of rotatable bonds is 4. The number of benzene rings is 1. The molecule has 0 aliphatic heterocycles. The molecule has 0 N–H and O–H groups in total. The monoisotopic (exact) mass is 298 g/mol. The molecule has 0 spiro atoms. The summed E-state index contributed by atoms with van der Waals surface area (Å²) >= 11 is 12.1. The van der Waals surface area contributed by atoms with Crippen molar-refractivity contribution < 1.29 is 4.74 Å². The van der Waals surface area contributed by atoms with Crippen molar-refractivity contribution >= 4 is 23.2 Å². The molecule has 19 heavy (non-hydrogen) atoms. The fraction of sp³-hybridized carbons (Fsp3) is 0.357. The Hall–Kier alpha value is -1.19. The third kappa shape index (κ3) is 2.88. The highest BCUT2D eigenvalue weighted by atomic mass is 35.5. The van der Waals surface area contributed by atoms with Gasteiger partial charge >= 0.3 is 0 Å². The van der Waals surface area contributed by atoms with Gasteiger partial charge in [-0.25, -0.2) is 0 Å². The Kier molecular flexibility index (Phi) is 4.38. The van der Waals surface area contributed by atoms with Crippen LogP contribution >= 0.6 is 23.2 Å². The van der Waals surface area contributed by atoms with Crippen LogP contribution in [-0.2, 0) is 19.5 Å². The van der Waals surface area contributed by atoms with Crippen LogP contribution in [0.15, 0.2) is 18.2 Å². The fourth-order valence-corrected chi connectivity index (χ4v) is 2.45. The number of aryl methyl sites for hydroxylation is 3. The molecule has 2 rings (SSSR count). The van der Waals surface area contributed by atoms with Crippen LogP contribution in [0.2, 0.25) is 5.15 Å². The Labute approximate surface area is 123 Å². The minimum atomic E-state index is 0.396. The van der Waals surface area contributed by atoms with Gasteiger partial charge in [-0.3, -0.25) is 4.68 Å². The normalized spacial score (nSPS) is 10.8. The second-order valence-corrected chi connectivity index (χ2v) is 5.09. The molecule has 0 amide bonds. The lowest BCUT2D eigenvalue weighted by Crippen LogP contribution is -2.01. The molecule has 0 aliphatic rings. The van der Waals surface area contributed by atoms with Crippen molar-refractivity contribution in [2.45, 2.75) is 26.3 Å². The molecule has 0 radical (unpaired) electrons. The van der Waals surface area contributed by atoms with Crippen LogP contribution in [-0.4, -0.2) is 9.78 Å². The van der Waals surface area contributed by atoms with E-state index >= 15 is 0 Å². The summed E-state index contributed by atoms with van der Waals surface area (Å²) < 4.78 is 7.55. The van der Waals surface area contributed by atoms with Gasteiger partial charge in [0.1, 0.15) is 17.5 Å². The smallest absolute Gasteiger partial charge is 0.133 e. The minimum absolute atomic E-state index is 0.396. The molecule has 1 aromatic carbocycles. The van der Waals surface area contributed by atoms with Gasteiger partial charge in [-0.1, -0.05) is 29.8 Å². The van der Waals surface area contributed by atoms with Crippen molar-refractivity contribution in [2.75, 3.05) is 0 Å². The van der Waals surface area contributed by atoms with E-state index in [4.69, 9.17) is 27.9 Å². The summed E-state index contributed by atoms with van der Waals surface area (Å²) in [5.74, 6) is 1.26. The van der Waals surface area contributed by atoms with Gasteiger partial charge in [-0.2, -0.15) is 5.10 Å². The SMILES string of the molecule is Cc1cccc(CCl)c1OCc1c(C)nn(C)c1Cl. The highest BCUT2D eigenvalue weighted by Gasteiger charge is 2.13. The first-order valence-electron chi connectivity index (χ1n) is 5.99. The molecule has 0 atom stereocenters. The lowest BCUT2D eigenvalue weighted by atomic mass is 10.1. The highest BCUT2D eigenvalue weighted by Crippen LogP contribution is 2.27. The molecule has 2 aromatic rings. The van der Waals surface area contributed by atoms with Crippen molar-refractivity contribution in [3.63, 3.8) is 0 Å². The van der Waals surface area contributed by atoms with Crippen LogP contribution in [0.1, 0.15) is 22.4 Å². The molecule has 5 heteroatoms. The summed E-state index contributed by atoms with van der Waals surface area (Å²) in [5, 5.41) is 4.88. The second-order valence-electron chi connectivity index (χ2n) is 4.46. The number of ether oxygens (including phenoxy) is 1. The van der Waals surface area contributed by atoms with Crippen molar-refractivity contribution in [3.8, 4) is 5.75 Å². The number of hydrogen-bond donors (Lipinski definition) is 0. The lowest BCUT2D eigenvalue weighted by Gasteiger charge is -2.12. The number of para-hydroxylation sites is 1. The third-order valence-corrected chi connectivity index (χ3v) is 3.83. The molecule has 1 heterocycles. The predicted octanol–water partition coefficient (Wildman–Crippen LogP) is 4.01. The third-order valence-electron chi connectivity index (χ3n) is 3.07. The molecule has 0 fully saturated rings. The number of hydrogen-bond acceptors (Lipinski definition) is 2. The average Bonchev–Trinajstić information content (AvgIpc) is 2.62. The standard InChI is InChI=1S/C14H16Cl2N2O/c1-9-5-4-6-11(7-15)13(9)19-8-12-10(2)17-18(3)14(12)16/h4-6H,7-8H2,1-3H3. The number of aromatic nitrogens is 2. The first-order valence-corrected chi connectivity index (χ1v) is 6.91. The maximum Gasteiger partial charge on any atom is 0.133 e. The molecular weight excluding hydrogens is 283 g/mol. The van der Waals surface area contributed by atoms with Gasteiger partial charge in [0.25, 0.3) is 0 Å². The zero-order chi connectivity index (χ0) is 14.0. The molecule has 102 valence electrons. The van der Waals surface area contributed by atoms with E-state index in [0.29, 0.717) is 17.6 Å². The topological polar surface area (TPSA) is 27.1 Å². The molecule has 3 nitrogen and oxygen atoms in total. The summed E-state index contributed by atoms with van der Waals surface area (Å²) in [5.41, 5.74) is 3.84. The van der Waals surface area contributed by atoms with Gasteiger partial charge in [0.05, 0.1) is 11.6 Å². The van der Waals surface area contributed by atoms with E-state index in [-0.39, 0.29) is 0 Å². The quantitative estimate of drug-likeness (QED) is 0.798. The Balaban J connectivity index is 2.24. The molecule has 1 aromatic heterocycles. The van der Waals surface area contributed by atoms with E-state index in [1.54, 1.807) is 4.68 Å². The summed E-state index contributed by atoms with van der Waals surface area (Å²) in [6.07, 6.45) is 0. The second kappa shape index (κ2) is 5.85. The van der Waals surface area contributed by atoms with Crippen LogP contribution in [0, 0.1) is 13.8 Å². The van der Waals surface area contributed by atoms with E-state index in [9.17, 15) is 0 Å². The average molecular weight is 299 g/mol. The zero-order valence-corrected chi connectivity index (χ0v) is 12.7. The van der Waals surface area contributed by atoms with Gasteiger partial charge in [0.15, 0.2) is 0 Å². The summed E-state index contributed by atoms with van der Waals surface area (Å²) in [6, 6.07) is 5.94. The Morgan fingerprint density at radius 1 is 1.32 bits per heavy atom. The molecule has 0 unspecified atom stereocenters. The predicted molar refractivity (Wildman–Crippen MR) is 78.0 cm³/mol.